The molecule has 0 unspecified atom stereocenters. The van der Waals surface area contributed by atoms with Crippen molar-refractivity contribution < 1.29 is 9.59 Å². The van der Waals surface area contributed by atoms with Crippen molar-refractivity contribution >= 4 is 75.7 Å². The Morgan fingerprint density at radius 2 is 1.82 bits per heavy atom. The lowest BCUT2D eigenvalue weighted by Crippen LogP contribution is -2.49. The molecule has 3 aliphatic heterocycles. The van der Waals surface area contributed by atoms with Crippen LogP contribution < -0.4 is 4.90 Å². The predicted octanol–water partition coefficient (Wildman–Crippen LogP) is 3.17. The van der Waals surface area contributed by atoms with Gasteiger partial charge in [-0.15, -0.1) is 0 Å². The number of hydrogen-bond donors (Lipinski definition) is 0. The SMILES string of the molecule is O=C1N=C(N2CCSCC2)S/C1=C/c1cccc(C(=O)N2CCN(c3nsnc3Cl)CC2)c1. The minimum atomic E-state index is -0.212. The van der Waals surface area contributed by atoms with Crippen molar-refractivity contribution in [2.24, 2.45) is 4.99 Å². The second-order valence-electron chi connectivity index (χ2n) is 7.69. The summed E-state index contributed by atoms with van der Waals surface area (Å²) in [6.45, 7) is 4.30. The number of aromatic nitrogens is 2. The van der Waals surface area contributed by atoms with Gasteiger partial charge in [0, 0.05) is 56.3 Å². The summed E-state index contributed by atoms with van der Waals surface area (Å²) in [5.41, 5.74) is 1.43. The summed E-state index contributed by atoms with van der Waals surface area (Å²) >= 11 is 10.5. The van der Waals surface area contributed by atoms with Crippen molar-refractivity contribution in [2.75, 3.05) is 55.7 Å². The Labute approximate surface area is 209 Å². The molecule has 3 aliphatic rings. The highest BCUT2D eigenvalue weighted by atomic mass is 35.5. The maximum Gasteiger partial charge on any atom is 0.286 e. The van der Waals surface area contributed by atoms with Crippen molar-refractivity contribution in [2.45, 2.75) is 0 Å². The highest BCUT2D eigenvalue weighted by molar-refractivity contribution is 8.18. The molecular weight excluding hydrogens is 500 g/mol. The van der Waals surface area contributed by atoms with Gasteiger partial charge in [-0.3, -0.25) is 9.59 Å². The number of rotatable bonds is 3. The fraction of sp³-hybridized carbons (Fsp3) is 0.381. The Kier molecular flexibility index (Phi) is 6.91. The lowest BCUT2D eigenvalue weighted by Gasteiger charge is -2.34. The molecule has 8 nitrogen and oxygen atoms in total. The van der Waals surface area contributed by atoms with E-state index >= 15 is 0 Å². The standard InChI is InChI=1S/C21H21ClN6O2S3/c22-17-18(25-33-24-17)26-4-6-27(7-5-26)20(30)15-3-1-2-14(12-15)13-16-19(29)23-21(32-16)28-8-10-31-11-9-28/h1-3,12-13H,4-11H2/b16-13+. The molecule has 1 aromatic carbocycles. The molecule has 5 rings (SSSR count). The molecule has 0 spiro atoms. The third kappa shape index (κ3) is 5.06. The number of nitrogens with zero attached hydrogens (tertiary/aromatic N) is 6. The molecule has 2 fully saturated rings. The largest absolute Gasteiger partial charge is 0.350 e. The number of benzene rings is 1. The van der Waals surface area contributed by atoms with E-state index in [2.05, 4.69) is 23.5 Å². The molecule has 2 saturated heterocycles. The van der Waals surface area contributed by atoms with Crippen molar-refractivity contribution in [1.29, 1.82) is 0 Å². The first-order valence-electron chi connectivity index (χ1n) is 10.6. The number of aliphatic imine (C=N–C) groups is 1. The molecule has 33 heavy (non-hydrogen) atoms. The van der Waals surface area contributed by atoms with Crippen LogP contribution in [0.1, 0.15) is 15.9 Å². The predicted molar refractivity (Wildman–Crippen MR) is 136 cm³/mol. The van der Waals surface area contributed by atoms with Crippen LogP contribution in [0, 0.1) is 0 Å². The van der Waals surface area contributed by atoms with Gasteiger partial charge in [-0.25, -0.2) is 0 Å². The second kappa shape index (κ2) is 10.0. The first kappa shape index (κ1) is 22.7. The van der Waals surface area contributed by atoms with Gasteiger partial charge in [-0.05, 0) is 35.5 Å². The normalized spacial score (nSPS) is 20.5. The van der Waals surface area contributed by atoms with E-state index in [1.807, 2.05) is 47.0 Å². The minimum Gasteiger partial charge on any atom is -0.350 e. The first-order valence-corrected chi connectivity index (χ1v) is 13.6. The van der Waals surface area contributed by atoms with Crippen LogP contribution in [0.5, 0.6) is 0 Å². The van der Waals surface area contributed by atoms with E-state index in [0.717, 1.165) is 47.1 Å². The van der Waals surface area contributed by atoms with Crippen molar-refractivity contribution in [3.63, 3.8) is 0 Å². The Balaban J connectivity index is 1.24. The van der Waals surface area contributed by atoms with Gasteiger partial charge in [-0.1, -0.05) is 23.7 Å². The third-order valence-electron chi connectivity index (χ3n) is 5.62. The maximum absolute atomic E-state index is 13.1. The average molecular weight is 521 g/mol. The molecule has 172 valence electrons. The molecular formula is C21H21ClN6O2S3. The number of amidine groups is 1. The van der Waals surface area contributed by atoms with E-state index in [9.17, 15) is 9.59 Å². The quantitative estimate of drug-likeness (QED) is 0.571. The molecule has 0 N–H and O–H groups in total. The fourth-order valence-corrected chi connectivity index (χ4v) is 6.51. The second-order valence-corrected chi connectivity index (χ2v) is 10.8. The van der Waals surface area contributed by atoms with Crippen molar-refractivity contribution in [1.82, 2.24) is 18.5 Å². The number of carbonyl (C=O) groups is 2. The molecule has 4 heterocycles. The number of anilines is 1. The molecule has 2 amide bonds. The molecule has 0 aliphatic carbocycles. The van der Waals surface area contributed by atoms with E-state index in [0.29, 0.717) is 47.6 Å². The van der Waals surface area contributed by atoms with Crippen LogP contribution in [0.15, 0.2) is 34.2 Å². The summed E-state index contributed by atoms with van der Waals surface area (Å²) in [7, 11) is 0. The zero-order valence-electron chi connectivity index (χ0n) is 17.6. The smallest absolute Gasteiger partial charge is 0.286 e. The summed E-state index contributed by atoms with van der Waals surface area (Å²) in [4.78, 5) is 36.4. The summed E-state index contributed by atoms with van der Waals surface area (Å²) in [6, 6.07) is 7.41. The summed E-state index contributed by atoms with van der Waals surface area (Å²) in [5.74, 6) is 2.56. The number of carbonyl (C=O) groups excluding carboxylic acids is 2. The van der Waals surface area contributed by atoms with Gasteiger partial charge >= 0.3 is 0 Å². The number of piperazine rings is 1. The number of halogens is 1. The van der Waals surface area contributed by atoms with Gasteiger partial charge in [0.2, 0.25) is 0 Å². The van der Waals surface area contributed by atoms with Gasteiger partial charge in [-0.2, -0.15) is 25.5 Å². The van der Waals surface area contributed by atoms with Crippen LogP contribution in [0.2, 0.25) is 5.15 Å². The molecule has 1 aromatic heterocycles. The van der Waals surface area contributed by atoms with Gasteiger partial charge in [0.15, 0.2) is 16.1 Å². The molecule has 0 radical (unpaired) electrons. The highest BCUT2D eigenvalue weighted by Crippen LogP contribution is 2.31. The molecule has 0 atom stereocenters. The van der Waals surface area contributed by atoms with Crippen LogP contribution in [0.3, 0.4) is 0 Å². The third-order valence-corrected chi connectivity index (χ3v) is 8.48. The Bertz CT molecular complexity index is 1120. The van der Waals surface area contributed by atoms with Crippen LogP contribution in [-0.2, 0) is 4.79 Å². The number of thioether (sulfide) groups is 2. The Morgan fingerprint density at radius 1 is 1.03 bits per heavy atom. The number of amides is 2. The van der Waals surface area contributed by atoms with Crippen LogP contribution in [0.25, 0.3) is 6.08 Å². The van der Waals surface area contributed by atoms with E-state index in [-0.39, 0.29) is 11.8 Å². The molecule has 2 aromatic rings. The van der Waals surface area contributed by atoms with Crippen LogP contribution in [-0.4, -0.2) is 86.3 Å². The summed E-state index contributed by atoms with van der Waals surface area (Å²) in [6.07, 6.45) is 1.83. The van der Waals surface area contributed by atoms with Gasteiger partial charge < -0.3 is 14.7 Å². The minimum absolute atomic E-state index is 0.0226. The van der Waals surface area contributed by atoms with Gasteiger partial charge in [0.1, 0.15) is 0 Å². The summed E-state index contributed by atoms with van der Waals surface area (Å²) < 4.78 is 8.25. The lowest BCUT2D eigenvalue weighted by molar-refractivity contribution is -0.113. The van der Waals surface area contributed by atoms with Gasteiger partial charge in [0.25, 0.3) is 11.8 Å². The van der Waals surface area contributed by atoms with E-state index in [1.54, 1.807) is 0 Å². The molecule has 0 saturated carbocycles. The maximum atomic E-state index is 13.1. The topological polar surface area (TPSA) is 82.0 Å². The van der Waals surface area contributed by atoms with Crippen LogP contribution in [0.4, 0.5) is 5.82 Å². The van der Waals surface area contributed by atoms with E-state index < -0.39 is 0 Å². The highest BCUT2D eigenvalue weighted by Gasteiger charge is 2.28. The van der Waals surface area contributed by atoms with Crippen molar-refractivity contribution in [3.8, 4) is 0 Å². The Hall–Kier alpha value is -2.08. The zero-order valence-corrected chi connectivity index (χ0v) is 20.9. The molecule has 0 bridgehead atoms. The fourth-order valence-electron chi connectivity index (χ4n) is 3.87. The molecule has 12 heteroatoms. The van der Waals surface area contributed by atoms with E-state index in [4.69, 9.17) is 11.6 Å². The lowest BCUT2D eigenvalue weighted by atomic mass is 10.1. The van der Waals surface area contributed by atoms with Crippen molar-refractivity contribution in [3.05, 3.63) is 45.5 Å². The Morgan fingerprint density at radius 3 is 2.55 bits per heavy atom. The first-order chi connectivity index (χ1) is 16.1. The van der Waals surface area contributed by atoms with E-state index in [1.165, 1.54) is 11.8 Å². The average Bonchev–Trinajstić information content (AvgIpc) is 3.45. The summed E-state index contributed by atoms with van der Waals surface area (Å²) in [5, 5.41) is 1.19. The van der Waals surface area contributed by atoms with Crippen LogP contribution >= 0.6 is 46.9 Å². The zero-order chi connectivity index (χ0) is 22.8. The monoisotopic (exact) mass is 520 g/mol. The number of hydrogen-bond acceptors (Lipinski definition) is 9. The van der Waals surface area contributed by atoms with Gasteiger partial charge in [0.05, 0.1) is 16.6 Å².